The molecule has 1 N–H and O–H groups in total. The van der Waals surface area contributed by atoms with Crippen LogP contribution < -0.4 is 10.2 Å². The van der Waals surface area contributed by atoms with E-state index in [2.05, 4.69) is 5.32 Å². The van der Waals surface area contributed by atoms with Crippen molar-refractivity contribution in [3.63, 3.8) is 0 Å². The largest absolute Gasteiger partial charge is 0.326 e. The molecule has 114 valence electrons. The number of hydrogen-bond donors (Lipinski definition) is 1. The number of halogens is 1. The number of nitrogens with one attached hydrogen (secondary N) is 1. The molecule has 0 aromatic heterocycles. The third kappa shape index (κ3) is 4.41. The predicted octanol–water partition coefficient (Wildman–Crippen LogP) is 3.21. The van der Waals surface area contributed by atoms with E-state index in [0.717, 1.165) is 0 Å². The van der Waals surface area contributed by atoms with Crippen molar-refractivity contribution in [2.24, 2.45) is 0 Å². The SMILES string of the molecule is CC(=O)N(CCC(=O)Nc1ccccc1)c1cccc(F)c1. The van der Waals surface area contributed by atoms with Gasteiger partial charge in [-0.2, -0.15) is 0 Å². The number of carbonyl (C=O) groups is 2. The van der Waals surface area contributed by atoms with Gasteiger partial charge in [0.2, 0.25) is 11.8 Å². The average Bonchev–Trinajstić information content (AvgIpc) is 2.48. The number of nitrogens with zero attached hydrogens (tertiary/aromatic N) is 1. The molecule has 0 unspecified atom stereocenters. The van der Waals surface area contributed by atoms with Crippen LogP contribution in [0.4, 0.5) is 15.8 Å². The van der Waals surface area contributed by atoms with Gasteiger partial charge in [-0.25, -0.2) is 4.39 Å². The first-order valence-corrected chi connectivity index (χ1v) is 6.95. The lowest BCUT2D eigenvalue weighted by atomic mass is 10.2. The van der Waals surface area contributed by atoms with Crippen LogP contribution >= 0.6 is 0 Å². The van der Waals surface area contributed by atoms with Gasteiger partial charge >= 0.3 is 0 Å². The second-order valence-electron chi connectivity index (χ2n) is 4.81. The maximum Gasteiger partial charge on any atom is 0.226 e. The summed E-state index contributed by atoms with van der Waals surface area (Å²) in [5.41, 5.74) is 1.15. The zero-order chi connectivity index (χ0) is 15.9. The summed E-state index contributed by atoms with van der Waals surface area (Å²) in [6.07, 6.45) is 0.130. The quantitative estimate of drug-likeness (QED) is 0.921. The standard InChI is InChI=1S/C17H17FN2O2/c1-13(21)20(16-9-5-6-14(18)12-16)11-10-17(22)19-15-7-3-2-4-8-15/h2-9,12H,10-11H2,1H3,(H,19,22). The van der Waals surface area contributed by atoms with Crippen LogP contribution in [0.25, 0.3) is 0 Å². The van der Waals surface area contributed by atoms with Gasteiger partial charge in [-0.3, -0.25) is 9.59 Å². The van der Waals surface area contributed by atoms with Crippen LogP contribution in [0.3, 0.4) is 0 Å². The summed E-state index contributed by atoms with van der Waals surface area (Å²) >= 11 is 0. The Kier molecular flexibility index (Phi) is 5.25. The van der Waals surface area contributed by atoms with Crippen molar-refractivity contribution in [1.29, 1.82) is 0 Å². The van der Waals surface area contributed by atoms with Gasteiger partial charge in [0.15, 0.2) is 0 Å². The Labute approximate surface area is 128 Å². The number of anilines is 2. The molecule has 0 aliphatic carbocycles. The van der Waals surface area contributed by atoms with E-state index in [1.54, 1.807) is 18.2 Å². The van der Waals surface area contributed by atoms with Gasteiger partial charge in [0, 0.05) is 31.3 Å². The smallest absolute Gasteiger partial charge is 0.226 e. The molecule has 0 spiro atoms. The second-order valence-corrected chi connectivity index (χ2v) is 4.81. The van der Waals surface area contributed by atoms with Crippen molar-refractivity contribution < 1.29 is 14.0 Å². The van der Waals surface area contributed by atoms with E-state index < -0.39 is 5.82 Å². The van der Waals surface area contributed by atoms with Crippen LogP contribution in [-0.2, 0) is 9.59 Å². The molecule has 0 radical (unpaired) electrons. The minimum Gasteiger partial charge on any atom is -0.326 e. The van der Waals surface area contributed by atoms with Crippen LogP contribution in [0, 0.1) is 5.82 Å². The molecule has 4 nitrogen and oxygen atoms in total. The fourth-order valence-corrected chi connectivity index (χ4v) is 2.07. The summed E-state index contributed by atoms with van der Waals surface area (Å²) in [5.74, 6) is -0.857. The van der Waals surface area contributed by atoms with Gasteiger partial charge in [0.1, 0.15) is 5.82 Å². The number of hydrogen-bond acceptors (Lipinski definition) is 2. The topological polar surface area (TPSA) is 49.4 Å². The Hall–Kier alpha value is -2.69. The molecule has 0 heterocycles. The third-order valence-corrected chi connectivity index (χ3v) is 3.12. The summed E-state index contributed by atoms with van der Waals surface area (Å²) in [7, 11) is 0. The van der Waals surface area contributed by atoms with Crippen LogP contribution in [0.1, 0.15) is 13.3 Å². The Balaban J connectivity index is 1.97. The number of carbonyl (C=O) groups excluding carboxylic acids is 2. The fraction of sp³-hybridized carbons (Fsp3) is 0.176. The molecular weight excluding hydrogens is 283 g/mol. The van der Waals surface area contributed by atoms with Gasteiger partial charge < -0.3 is 10.2 Å². The Morgan fingerprint density at radius 3 is 2.45 bits per heavy atom. The highest BCUT2D eigenvalue weighted by Crippen LogP contribution is 2.16. The maximum atomic E-state index is 13.3. The van der Waals surface area contributed by atoms with E-state index in [9.17, 15) is 14.0 Å². The molecule has 0 saturated heterocycles. The van der Waals surface area contributed by atoms with Gasteiger partial charge in [-0.15, -0.1) is 0 Å². The molecule has 0 atom stereocenters. The van der Waals surface area contributed by atoms with Crippen LogP contribution in [-0.4, -0.2) is 18.4 Å². The van der Waals surface area contributed by atoms with Crippen LogP contribution in [0.5, 0.6) is 0 Å². The van der Waals surface area contributed by atoms with E-state index in [-0.39, 0.29) is 24.8 Å². The van der Waals surface area contributed by atoms with E-state index in [1.807, 2.05) is 18.2 Å². The molecule has 0 bridgehead atoms. The number of benzene rings is 2. The number of para-hydroxylation sites is 1. The van der Waals surface area contributed by atoms with Gasteiger partial charge in [0.25, 0.3) is 0 Å². The third-order valence-electron chi connectivity index (χ3n) is 3.12. The highest BCUT2D eigenvalue weighted by atomic mass is 19.1. The number of rotatable bonds is 5. The van der Waals surface area contributed by atoms with Crippen molar-refractivity contribution in [2.75, 3.05) is 16.8 Å². The molecule has 0 aliphatic rings. The highest BCUT2D eigenvalue weighted by Gasteiger charge is 2.14. The normalized spacial score (nSPS) is 10.1. The Bertz CT molecular complexity index is 659. The van der Waals surface area contributed by atoms with Gasteiger partial charge in [-0.1, -0.05) is 24.3 Å². The van der Waals surface area contributed by atoms with Crippen LogP contribution in [0.15, 0.2) is 54.6 Å². The zero-order valence-electron chi connectivity index (χ0n) is 12.3. The summed E-state index contributed by atoms with van der Waals surface area (Å²) in [5, 5.41) is 2.75. The predicted molar refractivity (Wildman–Crippen MR) is 84.1 cm³/mol. The van der Waals surface area contributed by atoms with E-state index in [4.69, 9.17) is 0 Å². The molecule has 0 fully saturated rings. The summed E-state index contributed by atoms with van der Waals surface area (Å²) < 4.78 is 13.3. The molecular formula is C17H17FN2O2. The molecule has 2 amide bonds. The molecule has 2 aromatic carbocycles. The van der Waals surface area contributed by atoms with Crippen molar-refractivity contribution in [3.05, 3.63) is 60.4 Å². The van der Waals surface area contributed by atoms with E-state index in [0.29, 0.717) is 11.4 Å². The summed E-state index contributed by atoms with van der Waals surface area (Å²) in [4.78, 5) is 25.0. The first-order chi connectivity index (χ1) is 10.6. The lowest BCUT2D eigenvalue weighted by Gasteiger charge is -2.21. The van der Waals surface area contributed by atoms with E-state index >= 15 is 0 Å². The second kappa shape index (κ2) is 7.36. The Morgan fingerprint density at radius 1 is 1.09 bits per heavy atom. The minimum absolute atomic E-state index is 0.130. The van der Waals surface area contributed by atoms with Crippen molar-refractivity contribution in [3.8, 4) is 0 Å². The molecule has 2 rings (SSSR count). The maximum absolute atomic E-state index is 13.3. The van der Waals surface area contributed by atoms with Crippen molar-refractivity contribution in [2.45, 2.75) is 13.3 Å². The number of amides is 2. The average molecular weight is 300 g/mol. The monoisotopic (exact) mass is 300 g/mol. The van der Waals surface area contributed by atoms with Gasteiger partial charge in [-0.05, 0) is 30.3 Å². The molecule has 22 heavy (non-hydrogen) atoms. The minimum atomic E-state index is -0.419. The molecule has 5 heteroatoms. The Morgan fingerprint density at radius 2 is 1.82 bits per heavy atom. The lowest BCUT2D eigenvalue weighted by molar-refractivity contribution is -0.117. The molecule has 0 aliphatic heterocycles. The lowest BCUT2D eigenvalue weighted by Crippen LogP contribution is -2.32. The van der Waals surface area contributed by atoms with Crippen molar-refractivity contribution in [1.82, 2.24) is 0 Å². The summed E-state index contributed by atoms with van der Waals surface area (Å²) in [6.45, 7) is 1.58. The molecule has 0 saturated carbocycles. The molecule has 2 aromatic rings. The summed E-state index contributed by atoms with van der Waals surface area (Å²) in [6, 6.07) is 14.8. The first-order valence-electron chi connectivity index (χ1n) is 6.95. The highest BCUT2D eigenvalue weighted by molar-refractivity contribution is 5.94. The first kappa shape index (κ1) is 15.7. The zero-order valence-corrected chi connectivity index (χ0v) is 12.3. The fourth-order valence-electron chi connectivity index (χ4n) is 2.07. The van der Waals surface area contributed by atoms with Crippen molar-refractivity contribution >= 4 is 23.2 Å². The van der Waals surface area contributed by atoms with Crippen LogP contribution in [0.2, 0.25) is 0 Å². The van der Waals surface area contributed by atoms with Gasteiger partial charge in [0.05, 0.1) is 0 Å². The van der Waals surface area contributed by atoms with E-state index in [1.165, 1.54) is 30.0 Å².